The van der Waals surface area contributed by atoms with Crippen molar-refractivity contribution in [2.24, 2.45) is 0 Å². The molecule has 0 fully saturated rings. The Labute approximate surface area is 161 Å². The van der Waals surface area contributed by atoms with Crippen LogP contribution in [0.1, 0.15) is 53.3 Å². The van der Waals surface area contributed by atoms with Gasteiger partial charge in [0.2, 0.25) is 5.91 Å². The van der Waals surface area contributed by atoms with Gasteiger partial charge in [-0.15, -0.1) is 0 Å². The van der Waals surface area contributed by atoms with Crippen LogP contribution in [0.2, 0.25) is 0 Å². The summed E-state index contributed by atoms with van der Waals surface area (Å²) in [6.45, 7) is 1.74. The summed E-state index contributed by atoms with van der Waals surface area (Å²) in [6.07, 6.45) is -5.42. The van der Waals surface area contributed by atoms with Crippen LogP contribution in [0.25, 0.3) is 0 Å². The van der Waals surface area contributed by atoms with E-state index in [2.05, 4.69) is 5.32 Å². The average molecular weight is 390 g/mol. The maximum absolute atomic E-state index is 13.0. The molecule has 2 atom stereocenters. The zero-order valence-electron chi connectivity index (χ0n) is 15.4. The van der Waals surface area contributed by atoms with Gasteiger partial charge in [-0.1, -0.05) is 48.5 Å². The van der Waals surface area contributed by atoms with E-state index in [9.17, 15) is 22.8 Å². The Morgan fingerprint density at radius 1 is 1.11 bits per heavy atom. The Hall–Kier alpha value is -2.83. The van der Waals surface area contributed by atoms with Gasteiger partial charge in [-0.3, -0.25) is 9.59 Å². The highest BCUT2D eigenvalue weighted by Crippen LogP contribution is 2.39. The van der Waals surface area contributed by atoms with E-state index >= 15 is 0 Å². The number of rotatable bonds is 6. The van der Waals surface area contributed by atoms with Gasteiger partial charge < -0.3 is 10.2 Å². The lowest BCUT2D eigenvalue weighted by Gasteiger charge is -2.31. The predicted molar refractivity (Wildman–Crippen MR) is 98.5 cm³/mol. The number of carbonyl (C=O) groups excluding carboxylic acids is 2. The number of hydrogen-bond acceptors (Lipinski definition) is 2. The molecular weight excluding hydrogens is 369 g/mol. The molecule has 1 aliphatic heterocycles. The molecule has 0 radical (unpaired) electrons. The van der Waals surface area contributed by atoms with Crippen molar-refractivity contribution in [1.29, 1.82) is 0 Å². The second-order valence-electron chi connectivity index (χ2n) is 6.80. The molecule has 7 heteroatoms. The van der Waals surface area contributed by atoms with E-state index in [1.54, 1.807) is 24.3 Å². The molecule has 1 unspecified atom stereocenters. The number of benzene rings is 2. The molecule has 2 aromatic carbocycles. The molecular formula is C21H21F3N2O2. The van der Waals surface area contributed by atoms with E-state index in [1.807, 2.05) is 37.3 Å². The minimum atomic E-state index is -4.26. The molecule has 148 valence electrons. The maximum atomic E-state index is 13.0. The smallest absolute Gasteiger partial charge is 0.354 e. The number of alkyl halides is 3. The zero-order valence-corrected chi connectivity index (χ0v) is 15.4. The normalized spacial score (nSPS) is 17.4. The SMILES string of the molecule is C[C@H](c1ccccc1)N1C(=O)c2ccccc2C1C(=O)NCCCC(F)(F)F. The summed E-state index contributed by atoms with van der Waals surface area (Å²) in [7, 11) is 0. The minimum Gasteiger partial charge on any atom is -0.354 e. The molecule has 28 heavy (non-hydrogen) atoms. The minimum absolute atomic E-state index is 0.0985. The van der Waals surface area contributed by atoms with Crippen molar-refractivity contribution in [3.8, 4) is 0 Å². The molecule has 0 spiro atoms. The molecule has 0 bridgehead atoms. The molecule has 0 aliphatic carbocycles. The molecule has 1 heterocycles. The van der Waals surface area contributed by atoms with Crippen molar-refractivity contribution in [1.82, 2.24) is 10.2 Å². The molecule has 4 nitrogen and oxygen atoms in total. The van der Waals surface area contributed by atoms with Gasteiger partial charge >= 0.3 is 6.18 Å². The quantitative estimate of drug-likeness (QED) is 0.743. The molecule has 1 N–H and O–H groups in total. The fourth-order valence-corrected chi connectivity index (χ4v) is 3.49. The predicted octanol–water partition coefficient (Wildman–Crippen LogP) is 4.40. The topological polar surface area (TPSA) is 49.4 Å². The molecule has 0 aromatic heterocycles. The summed E-state index contributed by atoms with van der Waals surface area (Å²) in [5.41, 5.74) is 1.89. The van der Waals surface area contributed by atoms with Gasteiger partial charge in [-0.2, -0.15) is 13.2 Å². The lowest BCUT2D eigenvalue weighted by Crippen LogP contribution is -2.40. The Morgan fingerprint density at radius 3 is 2.43 bits per heavy atom. The number of fused-ring (bicyclic) bond motifs is 1. The molecule has 2 amide bonds. The first-order chi connectivity index (χ1) is 13.3. The standard InChI is InChI=1S/C21H21F3N2O2/c1-14(15-8-3-2-4-9-15)26-18(16-10-5-6-11-17(16)20(26)28)19(27)25-13-7-12-21(22,23)24/h2-6,8-11,14,18H,7,12-13H2,1H3,(H,25,27)/t14-,18?/m1/s1. The third kappa shape index (κ3) is 4.18. The van der Waals surface area contributed by atoms with Gasteiger partial charge in [0.25, 0.3) is 5.91 Å². The van der Waals surface area contributed by atoms with Crippen molar-refractivity contribution in [3.05, 3.63) is 71.3 Å². The Balaban J connectivity index is 1.82. The van der Waals surface area contributed by atoms with E-state index in [4.69, 9.17) is 0 Å². The van der Waals surface area contributed by atoms with Crippen molar-refractivity contribution in [3.63, 3.8) is 0 Å². The van der Waals surface area contributed by atoms with E-state index in [-0.39, 0.29) is 24.9 Å². The van der Waals surface area contributed by atoms with E-state index < -0.39 is 24.5 Å². The second-order valence-corrected chi connectivity index (χ2v) is 6.80. The molecule has 3 rings (SSSR count). The zero-order chi connectivity index (χ0) is 20.3. The van der Waals surface area contributed by atoms with Crippen LogP contribution in [0.5, 0.6) is 0 Å². The third-order valence-corrected chi connectivity index (χ3v) is 4.88. The Morgan fingerprint density at radius 2 is 1.75 bits per heavy atom. The lowest BCUT2D eigenvalue weighted by atomic mass is 10.0. The highest BCUT2D eigenvalue weighted by atomic mass is 19.4. The summed E-state index contributed by atoms with van der Waals surface area (Å²) in [5, 5.41) is 2.56. The van der Waals surface area contributed by atoms with Crippen LogP contribution >= 0.6 is 0 Å². The van der Waals surface area contributed by atoms with Gasteiger partial charge in [0.05, 0.1) is 6.04 Å². The Bertz CT molecular complexity index is 852. The molecule has 1 aliphatic rings. The van der Waals surface area contributed by atoms with E-state index in [0.717, 1.165) is 5.56 Å². The largest absolute Gasteiger partial charge is 0.389 e. The molecule has 0 saturated carbocycles. The summed E-state index contributed by atoms with van der Waals surface area (Å²) in [6, 6.07) is 14.9. The van der Waals surface area contributed by atoms with Crippen LogP contribution in [0.3, 0.4) is 0 Å². The monoisotopic (exact) mass is 390 g/mol. The van der Waals surface area contributed by atoms with Crippen LogP contribution in [0.15, 0.2) is 54.6 Å². The number of hydrogen-bond donors (Lipinski definition) is 1. The molecule has 0 saturated heterocycles. The van der Waals surface area contributed by atoms with Gasteiger partial charge in [-0.05, 0) is 30.5 Å². The van der Waals surface area contributed by atoms with Crippen molar-refractivity contribution in [2.75, 3.05) is 6.54 Å². The molecule has 2 aromatic rings. The van der Waals surface area contributed by atoms with Gasteiger partial charge in [0.1, 0.15) is 6.04 Å². The summed E-state index contributed by atoms with van der Waals surface area (Å²) in [4.78, 5) is 27.3. The van der Waals surface area contributed by atoms with Gasteiger partial charge in [0.15, 0.2) is 0 Å². The van der Waals surface area contributed by atoms with E-state index in [0.29, 0.717) is 11.1 Å². The van der Waals surface area contributed by atoms with Crippen molar-refractivity contribution < 1.29 is 22.8 Å². The number of nitrogens with zero attached hydrogens (tertiary/aromatic N) is 1. The number of carbonyl (C=O) groups is 2. The first-order valence-corrected chi connectivity index (χ1v) is 9.10. The lowest BCUT2D eigenvalue weighted by molar-refractivity contribution is -0.136. The summed E-state index contributed by atoms with van der Waals surface area (Å²) < 4.78 is 37.0. The fraction of sp³-hybridized carbons (Fsp3) is 0.333. The highest BCUT2D eigenvalue weighted by molar-refractivity contribution is 6.04. The number of nitrogens with one attached hydrogen (secondary N) is 1. The maximum Gasteiger partial charge on any atom is 0.389 e. The second kappa shape index (κ2) is 8.04. The van der Waals surface area contributed by atoms with Crippen LogP contribution < -0.4 is 5.32 Å². The third-order valence-electron chi connectivity index (χ3n) is 4.88. The van der Waals surface area contributed by atoms with Crippen molar-refractivity contribution in [2.45, 2.75) is 38.0 Å². The van der Waals surface area contributed by atoms with E-state index in [1.165, 1.54) is 4.90 Å². The summed E-state index contributed by atoms with van der Waals surface area (Å²) >= 11 is 0. The van der Waals surface area contributed by atoms with Crippen LogP contribution in [-0.4, -0.2) is 29.4 Å². The summed E-state index contributed by atoms with van der Waals surface area (Å²) in [5.74, 6) is -0.731. The Kier molecular flexibility index (Phi) is 5.72. The number of halogens is 3. The van der Waals surface area contributed by atoms with Gasteiger partial charge in [0, 0.05) is 18.5 Å². The number of amides is 2. The first-order valence-electron chi connectivity index (χ1n) is 9.10. The van der Waals surface area contributed by atoms with Crippen LogP contribution in [0, 0.1) is 0 Å². The first kappa shape index (κ1) is 19.9. The van der Waals surface area contributed by atoms with Gasteiger partial charge in [-0.25, -0.2) is 0 Å². The highest BCUT2D eigenvalue weighted by Gasteiger charge is 2.43. The van der Waals surface area contributed by atoms with Crippen LogP contribution in [0.4, 0.5) is 13.2 Å². The average Bonchev–Trinajstić information content (AvgIpc) is 2.97. The fourth-order valence-electron chi connectivity index (χ4n) is 3.49. The van der Waals surface area contributed by atoms with Crippen LogP contribution in [-0.2, 0) is 4.79 Å². The van der Waals surface area contributed by atoms with Crippen molar-refractivity contribution >= 4 is 11.8 Å².